The van der Waals surface area contributed by atoms with Gasteiger partial charge in [-0.15, -0.1) is 0 Å². The van der Waals surface area contributed by atoms with E-state index in [0.717, 1.165) is 0 Å². The summed E-state index contributed by atoms with van der Waals surface area (Å²) in [5, 5.41) is 16.9. The molecule has 1 unspecified atom stereocenters. The third kappa shape index (κ3) is 2.57. The zero-order valence-corrected chi connectivity index (χ0v) is 14.3. The van der Waals surface area contributed by atoms with Crippen molar-refractivity contribution >= 4 is 44.7 Å². The first-order chi connectivity index (χ1) is 11.2. The van der Waals surface area contributed by atoms with Gasteiger partial charge < -0.3 is 10.5 Å². The molecule has 6 N–H and O–H groups in total. The maximum absolute atomic E-state index is 11.6. The lowest BCUT2D eigenvalue weighted by Gasteiger charge is -2.27. The molecule has 1 aliphatic heterocycles. The Hall–Kier alpha value is -1.68. The number of aliphatic hydroxyl groups is 1. The Kier molecular flexibility index (Phi) is 4.07. The van der Waals surface area contributed by atoms with Crippen molar-refractivity contribution in [2.45, 2.75) is 10.5 Å². The van der Waals surface area contributed by atoms with Gasteiger partial charge in [-0.25, -0.2) is 24.4 Å². The second kappa shape index (κ2) is 5.69. The van der Waals surface area contributed by atoms with Crippen LogP contribution in [0.5, 0.6) is 0 Å². The Bertz CT molecular complexity index is 978. The van der Waals surface area contributed by atoms with Crippen molar-refractivity contribution in [3.8, 4) is 0 Å². The summed E-state index contributed by atoms with van der Waals surface area (Å²) in [6.07, 6.45) is 0. The van der Waals surface area contributed by atoms with Gasteiger partial charge in [0.05, 0.1) is 10.6 Å². The number of benzene rings is 2. The summed E-state index contributed by atoms with van der Waals surface area (Å²) < 4.78 is 23.3. The van der Waals surface area contributed by atoms with Gasteiger partial charge in [0.15, 0.2) is 11.4 Å². The molecule has 10 heteroatoms. The molecule has 24 heavy (non-hydrogen) atoms. The van der Waals surface area contributed by atoms with Gasteiger partial charge in [0.25, 0.3) is 0 Å². The number of rotatable bonds is 2. The number of aliphatic imine (C=N–C) groups is 1. The zero-order chi connectivity index (χ0) is 17.7. The molecule has 0 bridgehead atoms. The molecule has 0 aromatic heterocycles. The standard InChI is InChI=1S/C14H12Cl2N4O3S/c15-7-1-4-12-10(5-7)14(21,13(19-12)20-17)9-6-8(24(18,22)23)2-3-11(9)16/h1-6,21H,17H2,(H,19,20)(H2,18,22,23). The van der Waals surface area contributed by atoms with Crippen molar-refractivity contribution in [2.75, 3.05) is 0 Å². The van der Waals surface area contributed by atoms with Crippen molar-refractivity contribution in [1.29, 1.82) is 0 Å². The molecule has 0 saturated heterocycles. The lowest BCUT2D eigenvalue weighted by atomic mass is 9.86. The number of halogens is 2. The Labute approximate surface area is 147 Å². The Morgan fingerprint density at radius 2 is 1.83 bits per heavy atom. The lowest BCUT2D eigenvalue weighted by molar-refractivity contribution is 0.155. The maximum Gasteiger partial charge on any atom is 0.238 e. The monoisotopic (exact) mass is 386 g/mol. The number of hydrazine groups is 1. The minimum atomic E-state index is -4.00. The fourth-order valence-corrected chi connectivity index (χ4v) is 3.56. The highest BCUT2D eigenvalue weighted by Crippen LogP contribution is 2.45. The Morgan fingerprint density at radius 3 is 2.46 bits per heavy atom. The minimum absolute atomic E-state index is 0.0202. The van der Waals surface area contributed by atoms with Gasteiger partial charge >= 0.3 is 0 Å². The molecule has 1 aliphatic rings. The second-order valence-electron chi connectivity index (χ2n) is 5.16. The molecule has 0 amide bonds. The van der Waals surface area contributed by atoms with E-state index in [2.05, 4.69) is 10.4 Å². The van der Waals surface area contributed by atoms with Gasteiger partial charge in [0.1, 0.15) is 0 Å². The van der Waals surface area contributed by atoms with E-state index in [-0.39, 0.29) is 21.3 Å². The molecule has 0 radical (unpaired) electrons. The summed E-state index contributed by atoms with van der Waals surface area (Å²) in [7, 11) is -4.00. The van der Waals surface area contributed by atoms with Crippen LogP contribution in [0.4, 0.5) is 5.69 Å². The first-order valence-electron chi connectivity index (χ1n) is 6.59. The predicted octanol–water partition coefficient (Wildman–Crippen LogP) is 1.38. The van der Waals surface area contributed by atoms with E-state index in [1.807, 2.05) is 0 Å². The third-order valence-corrected chi connectivity index (χ3v) is 5.19. The van der Waals surface area contributed by atoms with Crippen LogP contribution in [0.15, 0.2) is 46.3 Å². The zero-order valence-electron chi connectivity index (χ0n) is 12.0. The molecule has 0 fully saturated rings. The number of hydrogen-bond acceptors (Lipinski definition) is 6. The molecule has 3 rings (SSSR count). The fraction of sp³-hybridized carbons (Fsp3) is 0.0714. The largest absolute Gasteiger partial charge is 0.373 e. The van der Waals surface area contributed by atoms with Gasteiger partial charge in [0.2, 0.25) is 10.0 Å². The number of amidine groups is 1. The summed E-state index contributed by atoms with van der Waals surface area (Å²) in [5.41, 5.74) is 1.23. The molecule has 126 valence electrons. The molecule has 1 atom stereocenters. The summed E-state index contributed by atoms with van der Waals surface area (Å²) in [5.74, 6) is 5.46. The molecule has 0 aliphatic carbocycles. The van der Waals surface area contributed by atoms with Crippen LogP contribution < -0.4 is 16.4 Å². The average molecular weight is 387 g/mol. The fourth-order valence-electron chi connectivity index (χ4n) is 2.59. The quantitative estimate of drug-likeness (QED) is 0.457. The van der Waals surface area contributed by atoms with Crippen LogP contribution >= 0.6 is 23.2 Å². The van der Waals surface area contributed by atoms with Crippen molar-refractivity contribution < 1.29 is 13.5 Å². The average Bonchev–Trinajstić information content (AvgIpc) is 2.79. The number of nitrogens with one attached hydrogen (secondary N) is 1. The van der Waals surface area contributed by atoms with Crippen molar-refractivity contribution in [1.82, 2.24) is 5.43 Å². The van der Waals surface area contributed by atoms with Crippen molar-refractivity contribution in [2.24, 2.45) is 16.0 Å². The Morgan fingerprint density at radius 1 is 1.12 bits per heavy atom. The van der Waals surface area contributed by atoms with Gasteiger partial charge in [-0.3, -0.25) is 0 Å². The van der Waals surface area contributed by atoms with Crippen molar-refractivity contribution in [3.05, 3.63) is 57.6 Å². The third-order valence-electron chi connectivity index (χ3n) is 3.72. The smallest absolute Gasteiger partial charge is 0.238 e. The van der Waals surface area contributed by atoms with Crippen LogP contribution in [0.1, 0.15) is 11.1 Å². The first-order valence-corrected chi connectivity index (χ1v) is 8.89. The van der Waals surface area contributed by atoms with Crippen molar-refractivity contribution in [3.63, 3.8) is 0 Å². The summed E-state index contributed by atoms with van der Waals surface area (Å²) in [6, 6.07) is 8.46. The molecule has 7 nitrogen and oxygen atoms in total. The normalized spacial score (nSPS) is 19.8. The number of sulfonamides is 1. The van der Waals surface area contributed by atoms with Crippen LogP contribution in [0, 0.1) is 0 Å². The molecule has 2 aromatic carbocycles. The maximum atomic E-state index is 11.6. The van der Waals surface area contributed by atoms with E-state index in [1.165, 1.54) is 24.3 Å². The number of nitrogens with two attached hydrogens (primary N) is 2. The number of fused-ring (bicyclic) bond motifs is 1. The minimum Gasteiger partial charge on any atom is -0.373 e. The SMILES string of the molecule is NNC1=Nc2ccc(Cl)cc2C1(O)c1cc(S(N)(=O)=O)ccc1Cl. The van der Waals surface area contributed by atoms with Crippen LogP contribution in [-0.2, 0) is 15.6 Å². The van der Waals surface area contributed by atoms with Crippen LogP contribution in [0.25, 0.3) is 0 Å². The molecule has 1 heterocycles. The molecular formula is C14H12Cl2N4O3S. The van der Waals surface area contributed by atoms with E-state index in [1.54, 1.807) is 12.1 Å². The highest BCUT2D eigenvalue weighted by atomic mass is 35.5. The van der Waals surface area contributed by atoms with Crippen LogP contribution in [0.3, 0.4) is 0 Å². The second-order valence-corrected chi connectivity index (χ2v) is 7.57. The highest BCUT2D eigenvalue weighted by Gasteiger charge is 2.45. The van der Waals surface area contributed by atoms with Gasteiger partial charge in [-0.1, -0.05) is 23.2 Å². The summed E-state index contributed by atoms with van der Waals surface area (Å²) in [6.45, 7) is 0. The molecule has 0 spiro atoms. The van der Waals surface area contributed by atoms with Gasteiger partial charge in [0, 0.05) is 21.2 Å². The highest BCUT2D eigenvalue weighted by molar-refractivity contribution is 7.89. The lowest BCUT2D eigenvalue weighted by Crippen LogP contribution is -2.46. The predicted molar refractivity (Wildman–Crippen MR) is 91.7 cm³/mol. The van der Waals surface area contributed by atoms with Crippen LogP contribution in [0.2, 0.25) is 10.0 Å². The number of nitrogens with zero attached hydrogens (tertiary/aromatic N) is 1. The van der Waals surface area contributed by atoms with Crippen LogP contribution in [-0.4, -0.2) is 19.4 Å². The number of hydrogen-bond donors (Lipinski definition) is 4. The van der Waals surface area contributed by atoms with E-state index < -0.39 is 15.6 Å². The summed E-state index contributed by atoms with van der Waals surface area (Å²) in [4.78, 5) is 4.00. The van der Waals surface area contributed by atoms with E-state index in [4.69, 9.17) is 34.2 Å². The van der Waals surface area contributed by atoms with Gasteiger partial charge in [-0.2, -0.15) is 0 Å². The molecule has 2 aromatic rings. The Balaban J connectivity index is 2.32. The van der Waals surface area contributed by atoms with E-state index in [0.29, 0.717) is 16.3 Å². The van der Waals surface area contributed by atoms with E-state index in [9.17, 15) is 13.5 Å². The summed E-state index contributed by atoms with van der Waals surface area (Å²) >= 11 is 12.2. The molecular weight excluding hydrogens is 375 g/mol. The topological polar surface area (TPSA) is 131 Å². The number of primary sulfonamides is 1. The molecule has 0 saturated carbocycles. The first kappa shape index (κ1) is 17.2. The van der Waals surface area contributed by atoms with E-state index >= 15 is 0 Å². The van der Waals surface area contributed by atoms with Gasteiger partial charge in [-0.05, 0) is 36.4 Å².